The van der Waals surface area contributed by atoms with Gasteiger partial charge in [0.15, 0.2) is 5.96 Å². The Bertz CT molecular complexity index is 691. The van der Waals surface area contributed by atoms with Crippen LogP contribution in [0.1, 0.15) is 38.1 Å². The highest BCUT2D eigenvalue weighted by atomic mass is 15.3. The van der Waals surface area contributed by atoms with Gasteiger partial charge in [-0.1, -0.05) is 37.3 Å². The number of aromatic nitrogens is 2. The summed E-state index contributed by atoms with van der Waals surface area (Å²) in [5.41, 5.74) is 1.30. The lowest BCUT2D eigenvalue weighted by Crippen LogP contribution is -2.46. The van der Waals surface area contributed by atoms with Crippen LogP contribution in [0.2, 0.25) is 0 Å². The zero-order valence-electron chi connectivity index (χ0n) is 16.1. The predicted molar refractivity (Wildman–Crippen MR) is 107 cm³/mol. The third-order valence-corrected chi connectivity index (χ3v) is 4.89. The number of benzene rings is 1. The van der Waals surface area contributed by atoms with Crippen LogP contribution in [0.3, 0.4) is 0 Å². The molecule has 0 radical (unpaired) electrons. The predicted octanol–water partition coefficient (Wildman–Crippen LogP) is 3.17. The van der Waals surface area contributed by atoms with Crippen molar-refractivity contribution in [3.8, 4) is 0 Å². The maximum atomic E-state index is 4.87. The number of guanidine groups is 1. The molecule has 1 aliphatic heterocycles. The normalized spacial score (nSPS) is 18.2. The van der Waals surface area contributed by atoms with Gasteiger partial charge in [0.2, 0.25) is 0 Å². The van der Waals surface area contributed by atoms with Crippen LogP contribution in [0, 0.1) is 5.92 Å². The van der Waals surface area contributed by atoms with Gasteiger partial charge in [0.1, 0.15) is 5.82 Å². The molecule has 0 spiro atoms. The number of hydrogen-bond donors (Lipinski definition) is 1. The van der Waals surface area contributed by atoms with Gasteiger partial charge in [0.25, 0.3) is 0 Å². The molecule has 26 heavy (non-hydrogen) atoms. The Labute approximate surface area is 157 Å². The lowest BCUT2D eigenvalue weighted by Gasteiger charge is -2.33. The molecule has 5 nitrogen and oxygen atoms in total. The maximum absolute atomic E-state index is 4.87. The summed E-state index contributed by atoms with van der Waals surface area (Å²) < 4.78 is 2.22. The van der Waals surface area contributed by atoms with Crippen molar-refractivity contribution in [2.24, 2.45) is 10.9 Å². The van der Waals surface area contributed by atoms with Gasteiger partial charge < -0.3 is 14.8 Å². The summed E-state index contributed by atoms with van der Waals surface area (Å²) in [7, 11) is 0. The molecule has 2 aromatic rings. The summed E-state index contributed by atoms with van der Waals surface area (Å²) >= 11 is 0. The number of nitrogens with one attached hydrogen (secondary N) is 1. The van der Waals surface area contributed by atoms with E-state index in [9.17, 15) is 0 Å². The van der Waals surface area contributed by atoms with Crippen LogP contribution in [0.15, 0.2) is 47.7 Å². The van der Waals surface area contributed by atoms with E-state index < -0.39 is 0 Å². The molecule has 1 atom stereocenters. The average molecular weight is 354 g/mol. The van der Waals surface area contributed by atoms with Crippen molar-refractivity contribution in [1.29, 1.82) is 0 Å². The number of piperidine rings is 1. The minimum absolute atomic E-state index is 0.748. The van der Waals surface area contributed by atoms with Crippen LogP contribution in [-0.4, -0.2) is 46.6 Å². The summed E-state index contributed by atoms with van der Waals surface area (Å²) in [5, 5.41) is 3.46. The van der Waals surface area contributed by atoms with E-state index >= 15 is 0 Å². The van der Waals surface area contributed by atoms with E-state index in [-0.39, 0.29) is 0 Å². The molecule has 1 aromatic carbocycles. The van der Waals surface area contributed by atoms with E-state index in [2.05, 4.69) is 70.1 Å². The van der Waals surface area contributed by atoms with Crippen LogP contribution in [0.5, 0.6) is 0 Å². The second-order valence-corrected chi connectivity index (χ2v) is 7.14. The summed E-state index contributed by atoms with van der Waals surface area (Å²) in [6, 6.07) is 10.5. The van der Waals surface area contributed by atoms with E-state index in [1.807, 2.05) is 6.20 Å². The van der Waals surface area contributed by atoms with Crippen molar-refractivity contribution >= 4 is 5.96 Å². The van der Waals surface area contributed by atoms with Crippen LogP contribution < -0.4 is 5.32 Å². The fraction of sp³-hybridized carbons (Fsp3) is 0.524. The molecular formula is C21H31N5. The third-order valence-electron chi connectivity index (χ3n) is 4.89. The number of imidazole rings is 1. The highest BCUT2D eigenvalue weighted by Crippen LogP contribution is 2.15. The molecule has 1 saturated heterocycles. The number of hydrogen-bond acceptors (Lipinski definition) is 2. The topological polar surface area (TPSA) is 45.5 Å². The van der Waals surface area contributed by atoms with Gasteiger partial charge in [-0.25, -0.2) is 4.98 Å². The SMILES string of the molecule is CCNC(=NCCc1nccn1Cc1ccccc1)N1CCCC(C)C1. The first-order valence-corrected chi connectivity index (χ1v) is 9.83. The second-order valence-electron chi connectivity index (χ2n) is 7.14. The van der Waals surface area contributed by atoms with E-state index in [4.69, 9.17) is 4.99 Å². The molecule has 1 aliphatic rings. The molecule has 0 amide bonds. The maximum Gasteiger partial charge on any atom is 0.193 e. The van der Waals surface area contributed by atoms with Crippen LogP contribution in [0.4, 0.5) is 0 Å². The second kappa shape index (κ2) is 9.41. The smallest absolute Gasteiger partial charge is 0.193 e. The summed E-state index contributed by atoms with van der Waals surface area (Å²) in [5.74, 6) is 2.90. The standard InChI is InChI=1S/C21H31N5/c1-3-22-21(26-14-7-8-18(2)16-26)24-12-11-20-23-13-15-25(20)17-19-9-5-4-6-10-19/h4-6,9-10,13,15,18H,3,7-8,11-12,14,16-17H2,1-2H3,(H,22,24). The van der Waals surface area contributed by atoms with Crippen molar-refractivity contribution in [3.05, 3.63) is 54.1 Å². The Morgan fingerprint density at radius 3 is 2.92 bits per heavy atom. The Morgan fingerprint density at radius 1 is 1.31 bits per heavy atom. The van der Waals surface area contributed by atoms with Gasteiger partial charge in [-0.3, -0.25) is 4.99 Å². The first kappa shape index (κ1) is 18.5. The monoisotopic (exact) mass is 353 g/mol. The summed E-state index contributed by atoms with van der Waals surface area (Å²) in [6.07, 6.45) is 7.39. The first-order valence-electron chi connectivity index (χ1n) is 9.83. The minimum atomic E-state index is 0.748. The fourth-order valence-corrected chi connectivity index (χ4v) is 3.56. The van der Waals surface area contributed by atoms with Gasteiger partial charge in [0.05, 0.1) is 0 Å². The summed E-state index contributed by atoms with van der Waals surface area (Å²) in [6.45, 7) is 9.22. The molecule has 0 aliphatic carbocycles. The quantitative estimate of drug-likeness (QED) is 0.641. The van der Waals surface area contributed by atoms with Crippen molar-refractivity contribution in [2.75, 3.05) is 26.2 Å². The molecule has 2 heterocycles. The molecule has 1 unspecified atom stereocenters. The molecule has 5 heteroatoms. The van der Waals surface area contributed by atoms with Gasteiger partial charge >= 0.3 is 0 Å². The average Bonchev–Trinajstić information content (AvgIpc) is 3.09. The van der Waals surface area contributed by atoms with E-state index in [0.717, 1.165) is 56.8 Å². The van der Waals surface area contributed by atoms with Crippen LogP contribution in [0.25, 0.3) is 0 Å². The molecule has 1 aromatic heterocycles. The fourth-order valence-electron chi connectivity index (χ4n) is 3.56. The highest BCUT2D eigenvalue weighted by Gasteiger charge is 2.19. The van der Waals surface area contributed by atoms with Crippen LogP contribution in [-0.2, 0) is 13.0 Å². The van der Waals surface area contributed by atoms with Gasteiger partial charge in [-0.05, 0) is 31.2 Å². The lowest BCUT2D eigenvalue weighted by atomic mass is 10.0. The van der Waals surface area contributed by atoms with Crippen molar-refractivity contribution < 1.29 is 0 Å². The van der Waals surface area contributed by atoms with Gasteiger partial charge in [0, 0.05) is 51.5 Å². The molecule has 1 fully saturated rings. The minimum Gasteiger partial charge on any atom is -0.357 e. The number of likely N-dealkylation sites (tertiary alicyclic amines) is 1. The first-order chi connectivity index (χ1) is 12.8. The molecule has 140 valence electrons. The Morgan fingerprint density at radius 2 is 2.15 bits per heavy atom. The Hall–Kier alpha value is -2.30. The zero-order chi connectivity index (χ0) is 18.2. The van der Waals surface area contributed by atoms with E-state index in [1.54, 1.807) is 0 Å². The molecule has 0 saturated carbocycles. The number of rotatable bonds is 6. The number of aliphatic imine (C=N–C) groups is 1. The van der Waals surface area contributed by atoms with Crippen molar-refractivity contribution in [2.45, 2.75) is 39.7 Å². The molecule has 0 bridgehead atoms. The largest absolute Gasteiger partial charge is 0.357 e. The van der Waals surface area contributed by atoms with Crippen molar-refractivity contribution in [1.82, 2.24) is 19.8 Å². The van der Waals surface area contributed by atoms with Gasteiger partial charge in [-0.2, -0.15) is 0 Å². The molecule has 1 N–H and O–H groups in total. The Kier molecular flexibility index (Phi) is 6.69. The van der Waals surface area contributed by atoms with Gasteiger partial charge in [-0.15, -0.1) is 0 Å². The third kappa shape index (κ3) is 5.10. The Balaban J connectivity index is 1.60. The zero-order valence-corrected chi connectivity index (χ0v) is 16.1. The lowest BCUT2D eigenvalue weighted by molar-refractivity contribution is 0.266. The molecule has 3 rings (SSSR count). The van der Waals surface area contributed by atoms with Crippen molar-refractivity contribution in [3.63, 3.8) is 0 Å². The van der Waals surface area contributed by atoms with E-state index in [0.29, 0.717) is 0 Å². The summed E-state index contributed by atoms with van der Waals surface area (Å²) in [4.78, 5) is 11.8. The number of nitrogens with zero attached hydrogens (tertiary/aromatic N) is 4. The highest BCUT2D eigenvalue weighted by molar-refractivity contribution is 5.80. The van der Waals surface area contributed by atoms with Crippen LogP contribution >= 0.6 is 0 Å². The van der Waals surface area contributed by atoms with E-state index in [1.165, 1.54) is 18.4 Å². The molecular weight excluding hydrogens is 322 g/mol.